The van der Waals surface area contributed by atoms with Crippen LogP contribution in [0.4, 0.5) is 5.69 Å². The number of phenolic OH excluding ortho intramolecular Hbond substituents is 1. The van der Waals surface area contributed by atoms with Crippen molar-refractivity contribution in [1.82, 2.24) is 0 Å². The molecule has 10 heteroatoms. The molecule has 0 fully saturated rings. The number of rotatable bonds is 5. The van der Waals surface area contributed by atoms with Gasteiger partial charge in [-0.05, 0) is 47.5 Å². The van der Waals surface area contributed by atoms with Gasteiger partial charge in [0.15, 0.2) is 5.43 Å². The van der Waals surface area contributed by atoms with Crippen molar-refractivity contribution < 1.29 is 24.2 Å². The summed E-state index contributed by atoms with van der Waals surface area (Å²) in [6, 6.07) is 12.9. The Morgan fingerprint density at radius 1 is 1.06 bits per heavy atom. The number of phenols is 1. The zero-order chi connectivity index (χ0) is 22.8. The van der Waals surface area contributed by atoms with Crippen LogP contribution >= 0.6 is 0 Å². The molecular weight excluding hydrogens is 416 g/mol. The third-order valence-electron chi connectivity index (χ3n) is 4.76. The van der Waals surface area contributed by atoms with E-state index < -0.39 is 18.4 Å². The highest BCUT2D eigenvalue weighted by Crippen LogP contribution is 2.42. The Hall–Kier alpha value is -4.82. The van der Waals surface area contributed by atoms with Gasteiger partial charge >= 0.3 is 5.97 Å². The standard InChI is InChI=1S/C22H14N4O6/c23-26-24-10-20(29)25-11-1-4-14(17(7-11)22(30)31)21-15-5-2-12(27)8-18(15)32-19-9-13(28)3-6-16(19)21/h1-9,27H,10H2,(H,25,29)(H,30,31). The molecule has 0 radical (unpaired) electrons. The molecule has 0 bridgehead atoms. The van der Waals surface area contributed by atoms with Crippen LogP contribution < -0.4 is 10.7 Å². The molecule has 1 aliphatic heterocycles. The molecule has 2 aliphatic rings. The Bertz CT molecular complexity index is 1470. The van der Waals surface area contributed by atoms with Gasteiger partial charge in [-0.2, -0.15) is 0 Å². The van der Waals surface area contributed by atoms with Crippen LogP contribution in [0.15, 0.2) is 68.9 Å². The summed E-state index contributed by atoms with van der Waals surface area (Å²) in [5.41, 5.74) is 9.71. The first-order valence-electron chi connectivity index (χ1n) is 9.25. The fourth-order valence-electron chi connectivity index (χ4n) is 3.46. The zero-order valence-corrected chi connectivity index (χ0v) is 16.3. The minimum Gasteiger partial charge on any atom is -0.508 e. The van der Waals surface area contributed by atoms with Gasteiger partial charge in [0.05, 0.1) is 5.56 Å². The van der Waals surface area contributed by atoms with Gasteiger partial charge in [-0.1, -0.05) is 11.2 Å². The van der Waals surface area contributed by atoms with Crippen molar-refractivity contribution in [2.45, 2.75) is 0 Å². The van der Waals surface area contributed by atoms with E-state index in [0.717, 1.165) is 0 Å². The smallest absolute Gasteiger partial charge is 0.336 e. The van der Waals surface area contributed by atoms with E-state index in [0.29, 0.717) is 22.1 Å². The Kier molecular flexibility index (Phi) is 5.20. The van der Waals surface area contributed by atoms with E-state index in [4.69, 9.17) is 9.95 Å². The van der Waals surface area contributed by atoms with E-state index >= 15 is 0 Å². The SMILES string of the molecule is [N-]=[N+]=NCC(=O)Nc1ccc(-c2c3ccc(=O)cc-3oc3cc(O)ccc23)c(C(=O)O)c1. The lowest BCUT2D eigenvalue weighted by Crippen LogP contribution is -2.15. The number of anilines is 1. The maximum atomic E-state index is 12.1. The minimum atomic E-state index is -1.24. The molecule has 0 saturated heterocycles. The van der Waals surface area contributed by atoms with E-state index in [1.807, 2.05) is 0 Å². The number of hydrogen-bond acceptors (Lipinski definition) is 6. The highest BCUT2D eigenvalue weighted by molar-refractivity contribution is 6.08. The van der Waals surface area contributed by atoms with E-state index in [9.17, 15) is 24.6 Å². The van der Waals surface area contributed by atoms with Crippen molar-refractivity contribution in [1.29, 1.82) is 0 Å². The number of carbonyl (C=O) groups excluding carboxylic acids is 1. The molecule has 1 aliphatic carbocycles. The van der Waals surface area contributed by atoms with Gasteiger partial charge in [-0.15, -0.1) is 0 Å². The topological polar surface area (TPSA) is 166 Å². The molecule has 32 heavy (non-hydrogen) atoms. The van der Waals surface area contributed by atoms with Gasteiger partial charge < -0.3 is 19.9 Å². The molecule has 4 rings (SSSR count). The van der Waals surface area contributed by atoms with Gasteiger partial charge in [0, 0.05) is 39.2 Å². The van der Waals surface area contributed by atoms with E-state index in [1.165, 1.54) is 42.5 Å². The molecule has 10 nitrogen and oxygen atoms in total. The number of benzene rings is 3. The van der Waals surface area contributed by atoms with Gasteiger partial charge in [0.25, 0.3) is 0 Å². The van der Waals surface area contributed by atoms with Crippen LogP contribution in [-0.4, -0.2) is 28.6 Å². The Morgan fingerprint density at radius 3 is 2.59 bits per heavy atom. The summed E-state index contributed by atoms with van der Waals surface area (Å²) in [4.78, 5) is 38.3. The van der Waals surface area contributed by atoms with Crippen molar-refractivity contribution in [3.63, 3.8) is 0 Å². The number of hydrogen-bond donors (Lipinski definition) is 3. The maximum absolute atomic E-state index is 12.1. The van der Waals surface area contributed by atoms with Crippen molar-refractivity contribution >= 4 is 28.5 Å². The average molecular weight is 430 g/mol. The molecular formula is C22H14N4O6. The summed E-state index contributed by atoms with van der Waals surface area (Å²) in [5, 5.41) is 25.9. The molecule has 158 valence electrons. The molecule has 3 N–H and O–H groups in total. The van der Waals surface area contributed by atoms with Crippen LogP contribution in [0.2, 0.25) is 0 Å². The van der Waals surface area contributed by atoms with E-state index in [-0.39, 0.29) is 33.8 Å². The van der Waals surface area contributed by atoms with Crippen molar-refractivity contribution in [3.05, 3.63) is 80.8 Å². The summed E-state index contributed by atoms with van der Waals surface area (Å²) in [6.07, 6.45) is 0. The monoisotopic (exact) mass is 430 g/mol. The number of nitrogens with zero attached hydrogens (tertiary/aromatic N) is 3. The largest absolute Gasteiger partial charge is 0.508 e. The number of nitrogens with one attached hydrogen (secondary N) is 1. The number of aromatic carboxylic acids is 1. The number of azide groups is 1. The third-order valence-corrected chi connectivity index (χ3v) is 4.76. The first-order valence-corrected chi connectivity index (χ1v) is 9.25. The van der Waals surface area contributed by atoms with Gasteiger partial charge in [0.1, 0.15) is 23.6 Å². The lowest BCUT2D eigenvalue weighted by atomic mass is 9.90. The molecule has 1 heterocycles. The lowest BCUT2D eigenvalue weighted by molar-refractivity contribution is -0.114. The molecule has 0 unspecified atom stereocenters. The summed E-state index contributed by atoms with van der Waals surface area (Å²) in [7, 11) is 0. The number of carbonyl (C=O) groups is 2. The molecule has 2 aromatic carbocycles. The van der Waals surface area contributed by atoms with Crippen LogP contribution in [0, 0.1) is 0 Å². The summed E-state index contributed by atoms with van der Waals surface area (Å²) in [6.45, 7) is -0.433. The second kappa shape index (κ2) is 8.13. The predicted octanol–water partition coefficient (Wildman–Crippen LogP) is 4.22. The maximum Gasteiger partial charge on any atom is 0.336 e. The fourth-order valence-corrected chi connectivity index (χ4v) is 3.46. The summed E-state index contributed by atoms with van der Waals surface area (Å²) < 4.78 is 5.78. The Balaban J connectivity index is 1.96. The first kappa shape index (κ1) is 20.5. The van der Waals surface area contributed by atoms with Gasteiger partial charge in [0.2, 0.25) is 5.91 Å². The molecule has 0 atom stereocenters. The van der Waals surface area contributed by atoms with Crippen LogP contribution in [0.3, 0.4) is 0 Å². The second-order valence-corrected chi connectivity index (χ2v) is 6.82. The highest BCUT2D eigenvalue weighted by Gasteiger charge is 2.22. The van der Waals surface area contributed by atoms with Crippen LogP contribution in [0.25, 0.3) is 43.9 Å². The Labute approximate surface area is 179 Å². The third kappa shape index (κ3) is 3.81. The summed E-state index contributed by atoms with van der Waals surface area (Å²) >= 11 is 0. The lowest BCUT2D eigenvalue weighted by Gasteiger charge is -2.17. The number of fused-ring (bicyclic) bond motifs is 2. The second-order valence-electron chi connectivity index (χ2n) is 6.82. The average Bonchev–Trinajstić information content (AvgIpc) is 2.76. The fraction of sp³-hybridized carbons (Fsp3) is 0.0455. The van der Waals surface area contributed by atoms with Crippen molar-refractivity contribution in [2.75, 3.05) is 11.9 Å². The highest BCUT2D eigenvalue weighted by atomic mass is 16.4. The molecule has 0 aromatic heterocycles. The normalized spacial score (nSPS) is 10.6. The van der Waals surface area contributed by atoms with Gasteiger partial charge in [-0.3, -0.25) is 9.59 Å². The number of carboxylic acid groups (broad SMARTS) is 1. The summed E-state index contributed by atoms with van der Waals surface area (Å²) in [5.74, 6) is -1.66. The zero-order valence-electron chi connectivity index (χ0n) is 16.3. The Morgan fingerprint density at radius 2 is 1.84 bits per heavy atom. The van der Waals surface area contributed by atoms with Gasteiger partial charge in [-0.25, -0.2) is 4.79 Å². The molecule has 2 aromatic rings. The number of amides is 1. The molecule has 1 amide bonds. The minimum absolute atomic E-state index is 0.0543. The number of aromatic hydroxyl groups is 1. The van der Waals surface area contributed by atoms with Crippen LogP contribution in [0.5, 0.6) is 5.75 Å². The number of carboxylic acids is 1. The van der Waals surface area contributed by atoms with E-state index in [2.05, 4.69) is 15.3 Å². The van der Waals surface area contributed by atoms with Crippen LogP contribution in [0.1, 0.15) is 10.4 Å². The van der Waals surface area contributed by atoms with Crippen LogP contribution in [-0.2, 0) is 4.79 Å². The molecule has 0 spiro atoms. The quantitative estimate of drug-likeness (QED) is 0.185. The molecule has 0 saturated carbocycles. The van der Waals surface area contributed by atoms with E-state index in [1.54, 1.807) is 12.1 Å². The predicted molar refractivity (Wildman–Crippen MR) is 116 cm³/mol. The van der Waals surface area contributed by atoms with Crippen molar-refractivity contribution in [2.24, 2.45) is 5.11 Å². The first-order chi connectivity index (χ1) is 15.4. The van der Waals surface area contributed by atoms with Crippen molar-refractivity contribution in [3.8, 4) is 28.2 Å².